The summed E-state index contributed by atoms with van der Waals surface area (Å²) in [7, 11) is 0. The Labute approximate surface area is 136 Å². The van der Waals surface area contributed by atoms with Gasteiger partial charge in [-0.15, -0.1) is 0 Å². The van der Waals surface area contributed by atoms with Crippen molar-refractivity contribution in [2.75, 3.05) is 32.8 Å². The molecule has 1 aliphatic rings. The zero-order valence-electron chi connectivity index (χ0n) is 13.1. The summed E-state index contributed by atoms with van der Waals surface area (Å²) in [6.45, 7) is 4.15. The fourth-order valence-corrected chi connectivity index (χ4v) is 2.56. The van der Waals surface area contributed by atoms with Crippen LogP contribution in [0.25, 0.3) is 0 Å². The monoisotopic (exact) mass is 311 g/mol. The SMILES string of the molecule is O=C(CCN1CCOCC1)c1ccc(Oc2ccccc2)cc1. The summed E-state index contributed by atoms with van der Waals surface area (Å²) in [5, 5.41) is 0. The van der Waals surface area contributed by atoms with E-state index in [1.165, 1.54) is 0 Å². The first kappa shape index (κ1) is 15.7. The smallest absolute Gasteiger partial charge is 0.164 e. The van der Waals surface area contributed by atoms with E-state index in [-0.39, 0.29) is 5.78 Å². The fraction of sp³-hybridized carbons (Fsp3) is 0.316. The van der Waals surface area contributed by atoms with Crippen LogP contribution in [0.5, 0.6) is 11.5 Å². The van der Waals surface area contributed by atoms with Crippen molar-refractivity contribution in [1.82, 2.24) is 4.90 Å². The van der Waals surface area contributed by atoms with Crippen LogP contribution in [0.1, 0.15) is 16.8 Å². The molecule has 2 aromatic carbocycles. The van der Waals surface area contributed by atoms with E-state index in [2.05, 4.69) is 4.90 Å². The van der Waals surface area contributed by atoms with Crippen molar-refractivity contribution in [3.05, 3.63) is 60.2 Å². The molecule has 0 atom stereocenters. The number of ether oxygens (including phenoxy) is 2. The Hall–Kier alpha value is -2.17. The molecule has 0 bridgehead atoms. The number of carbonyl (C=O) groups is 1. The molecule has 1 saturated heterocycles. The van der Waals surface area contributed by atoms with Crippen LogP contribution in [0.3, 0.4) is 0 Å². The Morgan fingerprint density at radius 3 is 2.30 bits per heavy atom. The summed E-state index contributed by atoms with van der Waals surface area (Å²) in [4.78, 5) is 14.5. The third-order valence-electron chi connectivity index (χ3n) is 3.91. The quantitative estimate of drug-likeness (QED) is 0.767. The van der Waals surface area contributed by atoms with Gasteiger partial charge in [-0.1, -0.05) is 18.2 Å². The van der Waals surface area contributed by atoms with Gasteiger partial charge in [0.15, 0.2) is 5.78 Å². The van der Waals surface area contributed by atoms with E-state index in [9.17, 15) is 4.79 Å². The van der Waals surface area contributed by atoms with E-state index in [1.807, 2.05) is 54.6 Å². The predicted octanol–water partition coefficient (Wildman–Crippen LogP) is 3.38. The Morgan fingerprint density at radius 2 is 1.61 bits per heavy atom. The largest absolute Gasteiger partial charge is 0.457 e. The minimum absolute atomic E-state index is 0.169. The van der Waals surface area contributed by atoms with Crippen LogP contribution in [0.2, 0.25) is 0 Å². The summed E-state index contributed by atoms with van der Waals surface area (Å²) in [5.74, 6) is 1.70. The minimum atomic E-state index is 0.169. The molecule has 2 aromatic rings. The zero-order chi connectivity index (χ0) is 15.9. The molecule has 0 saturated carbocycles. The predicted molar refractivity (Wildman–Crippen MR) is 89.2 cm³/mol. The van der Waals surface area contributed by atoms with Crippen molar-refractivity contribution in [2.45, 2.75) is 6.42 Å². The third kappa shape index (κ3) is 4.65. The number of benzene rings is 2. The zero-order valence-corrected chi connectivity index (χ0v) is 13.1. The topological polar surface area (TPSA) is 38.8 Å². The molecule has 4 heteroatoms. The Bertz CT molecular complexity index is 619. The average Bonchev–Trinajstić information content (AvgIpc) is 2.62. The van der Waals surface area contributed by atoms with Gasteiger partial charge in [-0.05, 0) is 36.4 Å². The molecule has 4 nitrogen and oxygen atoms in total. The molecule has 0 spiro atoms. The van der Waals surface area contributed by atoms with E-state index >= 15 is 0 Å². The van der Waals surface area contributed by atoms with Gasteiger partial charge in [0.2, 0.25) is 0 Å². The summed E-state index contributed by atoms with van der Waals surface area (Å²) in [6, 6.07) is 17.0. The lowest BCUT2D eigenvalue weighted by Gasteiger charge is -2.26. The molecule has 1 aliphatic heterocycles. The lowest BCUT2D eigenvalue weighted by Crippen LogP contribution is -2.37. The second-order valence-electron chi connectivity index (χ2n) is 5.57. The highest BCUT2D eigenvalue weighted by atomic mass is 16.5. The Balaban J connectivity index is 1.52. The number of carbonyl (C=O) groups excluding carboxylic acids is 1. The highest BCUT2D eigenvalue weighted by Crippen LogP contribution is 2.21. The Kier molecular flexibility index (Phi) is 5.40. The second kappa shape index (κ2) is 7.90. The van der Waals surface area contributed by atoms with E-state index in [0.29, 0.717) is 6.42 Å². The first-order valence-electron chi connectivity index (χ1n) is 7.97. The number of para-hydroxylation sites is 1. The van der Waals surface area contributed by atoms with Crippen molar-refractivity contribution in [3.63, 3.8) is 0 Å². The highest BCUT2D eigenvalue weighted by Gasteiger charge is 2.13. The number of rotatable bonds is 6. The summed E-state index contributed by atoms with van der Waals surface area (Å²) < 4.78 is 11.0. The van der Waals surface area contributed by atoms with Crippen molar-refractivity contribution in [2.24, 2.45) is 0 Å². The molecule has 0 aromatic heterocycles. The average molecular weight is 311 g/mol. The van der Waals surface area contributed by atoms with Crippen molar-refractivity contribution < 1.29 is 14.3 Å². The molecule has 0 amide bonds. The van der Waals surface area contributed by atoms with Gasteiger partial charge in [0.25, 0.3) is 0 Å². The van der Waals surface area contributed by atoms with Crippen molar-refractivity contribution in [1.29, 1.82) is 0 Å². The molecular weight excluding hydrogens is 290 g/mol. The van der Waals surface area contributed by atoms with Gasteiger partial charge in [0.1, 0.15) is 11.5 Å². The highest BCUT2D eigenvalue weighted by molar-refractivity contribution is 5.96. The Morgan fingerprint density at radius 1 is 0.957 bits per heavy atom. The molecular formula is C19H21NO3. The number of Topliss-reactive ketones (excluding diaryl/α,β-unsaturated/α-hetero) is 1. The third-order valence-corrected chi connectivity index (χ3v) is 3.91. The van der Waals surface area contributed by atoms with Crippen LogP contribution >= 0.6 is 0 Å². The van der Waals surface area contributed by atoms with Gasteiger partial charge in [0.05, 0.1) is 13.2 Å². The molecule has 3 rings (SSSR count). The maximum atomic E-state index is 12.3. The standard InChI is InChI=1S/C19H21NO3/c21-19(10-11-20-12-14-22-15-13-20)16-6-8-18(9-7-16)23-17-4-2-1-3-5-17/h1-9H,10-15H2. The van der Waals surface area contributed by atoms with E-state index < -0.39 is 0 Å². The summed E-state index contributed by atoms with van der Waals surface area (Å²) >= 11 is 0. The summed E-state index contributed by atoms with van der Waals surface area (Å²) in [5.41, 5.74) is 0.735. The molecule has 23 heavy (non-hydrogen) atoms. The second-order valence-corrected chi connectivity index (χ2v) is 5.57. The van der Waals surface area contributed by atoms with Gasteiger partial charge >= 0.3 is 0 Å². The molecule has 0 aliphatic carbocycles. The van der Waals surface area contributed by atoms with Crippen LogP contribution in [0.4, 0.5) is 0 Å². The number of nitrogens with zero attached hydrogens (tertiary/aromatic N) is 1. The van der Waals surface area contributed by atoms with Gasteiger partial charge in [-0.25, -0.2) is 0 Å². The fourth-order valence-electron chi connectivity index (χ4n) is 2.56. The van der Waals surface area contributed by atoms with Crippen LogP contribution in [-0.2, 0) is 4.74 Å². The molecule has 0 radical (unpaired) electrons. The van der Waals surface area contributed by atoms with Crippen LogP contribution < -0.4 is 4.74 Å². The van der Waals surface area contributed by atoms with Crippen molar-refractivity contribution in [3.8, 4) is 11.5 Å². The number of morpholine rings is 1. The van der Waals surface area contributed by atoms with Gasteiger partial charge in [-0.3, -0.25) is 9.69 Å². The van der Waals surface area contributed by atoms with Gasteiger partial charge < -0.3 is 9.47 Å². The minimum Gasteiger partial charge on any atom is -0.457 e. The maximum Gasteiger partial charge on any atom is 0.164 e. The number of hydrogen-bond acceptors (Lipinski definition) is 4. The van der Waals surface area contributed by atoms with E-state index in [4.69, 9.17) is 9.47 Å². The van der Waals surface area contributed by atoms with Gasteiger partial charge in [0, 0.05) is 31.6 Å². The van der Waals surface area contributed by atoms with Crippen LogP contribution in [0, 0.1) is 0 Å². The molecule has 0 unspecified atom stereocenters. The van der Waals surface area contributed by atoms with E-state index in [1.54, 1.807) is 0 Å². The van der Waals surface area contributed by atoms with Crippen molar-refractivity contribution >= 4 is 5.78 Å². The lowest BCUT2D eigenvalue weighted by atomic mass is 10.1. The first-order valence-corrected chi connectivity index (χ1v) is 7.97. The molecule has 0 N–H and O–H groups in total. The number of ketones is 1. The van der Waals surface area contributed by atoms with Gasteiger partial charge in [-0.2, -0.15) is 0 Å². The maximum absolute atomic E-state index is 12.3. The van der Waals surface area contributed by atoms with Crippen LogP contribution in [0.15, 0.2) is 54.6 Å². The molecule has 1 fully saturated rings. The first-order chi connectivity index (χ1) is 11.3. The molecule has 1 heterocycles. The normalized spacial score (nSPS) is 15.3. The summed E-state index contributed by atoms with van der Waals surface area (Å²) in [6.07, 6.45) is 0.541. The number of hydrogen-bond donors (Lipinski definition) is 0. The van der Waals surface area contributed by atoms with Crippen LogP contribution in [-0.4, -0.2) is 43.5 Å². The van der Waals surface area contributed by atoms with E-state index in [0.717, 1.165) is 49.9 Å². The lowest BCUT2D eigenvalue weighted by molar-refractivity contribution is 0.0370. The molecule has 120 valence electrons.